The summed E-state index contributed by atoms with van der Waals surface area (Å²) in [5, 5.41) is 12.4. The lowest BCUT2D eigenvalue weighted by Gasteiger charge is -2.02. The van der Waals surface area contributed by atoms with Gasteiger partial charge in [-0.2, -0.15) is 0 Å². The molecule has 7 nitrogen and oxygen atoms in total. The fourth-order valence-electron chi connectivity index (χ4n) is 2.49. The van der Waals surface area contributed by atoms with Crippen LogP contribution in [0.3, 0.4) is 0 Å². The number of rotatable bonds is 8. The summed E-state index contributed by atoms with van der Waals surface area (Å²) in [7, 11) is 3.60. The molecular formula is C17H20N4O3S. The van der Waals surface area contributed by atoms with Gasteiger partial charge in [-0.15, -0.1) is 10.2 Å². The molecule has 2 heterocycles. The highest BCUT2D eigenvalue weighted by Gasteiger charge is 2.15. The smallest absolute Gasteiger partial charge is 0.277 e. The van der Waals surface area contributed by atoms with Crippen LogP contribution in [0, 0.1) is 0 Å². The van der Waals surface area contributed by atoms with E-state index in [4.69, 9.17) is 9.15 Å². The maximum atomic E-state index is 11.8. The number of amides is 1. The average molecular weight is 360 g/mol. The van der Waals surface area contributed by atoms with Crippen LogP contribution >= 0.6 is 11.8 Å². The minimum absolute atomic E-state index is 0.0644. The van der Waals surface area contributed by atoms with E-state index in [-0.39, 0.29) is 11.7 Å². The summed E-state index contributed by atoms with van der Waals surface area (Å²) in [5.41, 5.74) is 1.95. The number of fused-ring (bicyclic) bond motifs is 1. The van der Waals surface area contributed by atoms with Gasteiger partial charge in [0.05, 0.1) is 5.75 Å². The largest absolute Gasteiger partial charge is 0.410 e. The maximum Gasteiger partial charge on any atom is 0.277 e. The van der Waals surface area contributed by atoms with Crippen LogP contribution in [0.25, 0.3) is 22.5 Å². The number of ether oxygens (including phenoxy) is 1. The van der Waals surface area contributed by atoms with Gasteiger partial charge in [0.25, 0.3) is 11.1 Å². The molecule has 2 aromatic heterocycles. The molecule has 1 N–H and O–H groups in total. The Hall–Kier alpha value is -2.32. The number of nitrogens with zero attached hydrogens (tertiary/aromatic N) is 3. The van der Waals surface area contributed by atoms with Gasteiger partial charge < -0.3 is 19.0 Å². The van der Waals surface area contributed by atoms with Crippen molar-refractivity contribution in [3.63, 3.8) is 0 Å². The quantitative estimate of drug-likeness (QED) is 0.491. The van der Waals surface area contributed by atoms with Gasteiger partial charge in [-0.05, 0) is 18.6 Å². The number of hydrogen-bond acceptors (Lipinski definition) is 6. The van der Waals surface area contributed by atoms with Crippen LogP contribution in [0.5, 0.6) is 0 Å². The second-order valence-electron chi connectivity index (χ2n) is 5.51. The third-order valence-electron chi connectivity index (χ3n) is 3.75. The van der Waals surface area contributed by atoms with Gasteiger partial charge in [-0.1, -0.05) is 30.0 Å². The molecule has 0 bridgehead atoms. The van der Waals surface area contributed by atoms with Crippen molar-refractivity contribution < 1.29 is 13.9 Å². The fourth-order valence-corrected chi connectivity index (χ4v) is 3.08. The minimum Gasteiger partial charge on any atom is -0.410 e. The Balaban J connectivity index is 1.60. The van der Waals surface area contributed by atoms with Crippen LogP contribution in [-0.2, 0) is 16.6 Å². The second-order valence-corrected chi connectivity index (χ2v) is 6.43. The lowest BCUT2D eigenvalue weighted by atomic mass is 10.2. The zero-order valence-corrected chi connectivity index (χ0v) is 15.0. The van der Waals surface area contributed by atoms with Crippen molar-refractivity contribution in [3.8, 4) is 11.6 Å². The summed E-state index contributed by atoms with van der Waals surface area (Å²) < 4.78 is 12.6. The first kappa shape index (κ1) is 17.5. The standard InChI is InChI=1S/C17H20N4O3S/c1-21-13-7-4-3-6-12(13)10-14(21)16-19-20-17(24-16)25-11-15(22)18-8-5-9-23-2/h3-4,6-7,10H,5,8-9,11H2,1-2H3,(H,18,22). The summed E-state index contributed by atoms with van der Waals surface area (Å²) in [6, 6.07) is 10.1. The van der Waals surface area contributed by atoms with E-state index in [2.05, 4.69) is 15.5 Å². The SMILES string of the molecule is COCCCNC(=O)CSc1nnc(-c2cc3ccccc3n2C)o1. The van der Waals surface area contributed by atoms with E-state index < -0.39 is 0 Å². The Morgan fingerprint density at radius 1 is 1.36 bits per heavy atom. The summed E-state index contributed by atoms with van der Waals surface area (Å²) in [4.78, 5) is 11.8. The van der Waals surface area contributed by atoms with Gasteiger partial charge >= 0.3 is 0 Å². The van der Waals surface area contributed by atoms with Gasteiger partial charge in [-0.25, -0.2) is 0 Å². The number of para-hydroxylation sites is 1. The van der Waals surface area contributed by atoms with Gasteiger partial charge in [0.15, 0.2) is 0 Å². The van der Waals surface area contributed by atoms with Crippen LogP contribution in [0.2, 0.25) is 0 Å². The monoisotopic (exact) mass is 360 g/mol. The molecule has 0 spiro atoms. The molecule has 3 rings (SSSR count). The molecule has 0 aliphatic rings. The van der Waals surface area contributed by atoms with Crippen LogP contribution in [0.15, 0.2) is 40.0 Å². The van der Waals surface area contributed by atoms with E-state index in [1.807, 2.05) is 41.9 Å². The highest BCUT2D eigenvalue weighted by molar-refractivity contribution is 7.99. The average Bonchev–Trinajstić information content (AvgIpc) is 3.22. The lowest BCUT2D eigenvalue weighted by Crippen LogP contribution is -2.26. The van der Waals surface area contributed by atoms with Crippen molar-refractivity contribution >= 4 is 28.6 Å². The molecule has 0 radical (unpaired) electrons. The van der Waals surface area contributed by atoms with Crippen LogP contribution in [-0.4, -0.2) is 46.7 Å². The predicted molar refractivity (Wildman–Crippen MR) is 96.4 cm³/mol. The number of aromatic nitrogens is 3. The molecule has 0 saturated carbocycles. The van der Waals surface area contributed by atoms with E-state index in [0.717, 1.165) is 23.0 Å². The Kier molecular flexibility index (Phi) is 5.72. The first-order valence-electron chi connectivity index (χ1n) is 7.96. The molecule has 25 heavy (non-hydrogen) atoms. The molecule has 0 aliphatic heterocycles. The second kappa shape index (κ2) is 8.17. The van der Waals surface area contributed by atoms with E-state index in [1.165, 1.54) is 11.8 Å². The first-order valence-corrected chi connectivity index (χ1v) is 8.94. The number of hydrogen-bond donors (Lipinski definition) is 1. The van der Waals surface area contributed by atoms with E-state index in [0.29, 0.717) is 24.3 Å². The topological polar surface area (TPSA) is 82.2 Å². The van der Waals surface area contributed by atoms with Gasteiger partial charge in [0, 0.05) is 38.2 Å². The van der Waals surface area contributed by atoms with Crippen molar-refractivity contribution in [3.05, 3.63) is 30.3 Å². The number of carbonyl (C=O) groups excluding carboxylic acids is 1. The zero-order valence-electron chi connectivity index (χ0n) is 14.2. The number of methoxy groups -OCH3 is 1. The van der Waals surface area contributed by atoms with Crippen LogP contribution in [0.4, 0.5) is 0 Å². The third-order valence-corrected chi connectivity index (χ3v) is 4.57. The van der Waals surface area contributed by atoms with Crippen molar-refractivity contribution in [2.75, 3.05) is 26.0 Å². The normalized spacial score (nSPS) is 11.1. The summed E-state index contributed by atoms with van der Waals surface area (Å²) in [5.74, 6) is 0.621. The van der Waals surface area contributed by atoms with E-state index in [1.54, 1.807) is 7.11 Å². The molecule has 0 fully saturated rings. The Morgan fingerprint density at radius 2 is 2.20 bits per heavy atom. The molecule has 1 aromatic carbocycles. The molecule has 132 valence electrons. The Labute approximate surface area is 149 Å². The number of carbonyl (C=O) groups is 1. The number of benzene rings is 1. The zero-order chi connectivity index (χ0) is 17.6. The fraction of sp³-hybridized carbons (Fsp3) is 0.353. The van der Waals surface area contributed by atoms with E-state index in [9.17, 15) is 4.79 Å². The highest BCUT2D eigenvalue weighted by Crippen LogP contribution is 2.28. The summed E-state index contributed by atoms with van der Waals surface area (Å²) in [6.07, 6.45) is 0.790. The summed E-state index contributed by atoms with van der Waals surface area (Å²) >= 11 is 1.23. The van der Waals surface area contributed by atoms with Gasteiger partial charge in [0.2, 0.25) is 5.91 Å². The summed E-state index contributed by atoms with van der Waals surface area (Å²) in [6.45, 7) is 1.23. The maximum absolute atomic E-state index is 11.8. The van der Waals surface area contributed by atoms with Gasteiger partial charge in [-0.3, -0.25) is 4.79 Å². The van der Waals surface area contributed by atoms with Gasteiger partial charge in [0.1, 0.15) is 5.69 Å². The van der Waals surface area contributed by atoms with Crippen LogP contribution < -0.4 is 5.32 Å². The molecule has 8 heteroatoms. The Morgan fingerprint density at radius 3 is 3.00 bits per heavy atom. The first-order chi connectivity index (χ1) is 12.2. The van der Waals surface area contributed by atoms with E-state index >= 15 is 0 Å². The van der Waals surface area contributed by atoms with Crippen molar-refractivity contribution in [1.82, 2.24) is 20.1 Å². The molecular weight excluding hydrogens is 340 g/mol. The number of thioether (sulfide) groups is 1. The molecule has 1 amide bonds. The molecule has 0 atom stereocenters. The molecule has 0 unspecified atom stereocenters. The highest BCUT2D eigenvalue weighted by atomic mass is 32.2. The van der Waals surface area contributed by atoms with Crippen LogP contribution in [0.1, 0.15) is 6.42 Å². The Bertz CT molecular complexity index is 859. The van der Waals surface area contributed by atoms with Crippen molar-refractivity contribution in [2.24, 2.45) is 7.05 Å². The van der Waals surface area contributed by atoms with Crippen molar-refractivity contribution in [1.29, 1.82) is 0 Å². The molecule has 0 aliphatic carbocycles. The number of nitrogens with one attached hydrogen (secondary N) is 1. The van der Waals surface area contributed by atoms with Crippen molar-refractivity contribution in [2.45, 2.75) is 11.6 Å². The molecule has 3 aromatic rings. The number of aryl methyl sites for hydroxylation is 1. The molecule has 0 saturated heterocycles. The third kappa shape index (κ3) is 4.21. The predicted octanol–water partition coefficient (Wildman–Crippen LogP) is 2.47. The minimum atomic E-state index is -0.0644. The lowest BCUT2D eigenvalue weighted by molar-refractivity contribution is -0.118.